The van der Waals surface area contributed by atoms with Crippen LogP contribution in [0.4, 0.5) is 0 Å². The van der Waals surface area contributed by atoms with E-state index in [0.29, 0.717) is 11.3 Å². The molecular weight excluding hydrogens is 256 g/mol. The summed E-state index contributed by atoms with van der Waals surface area (Å²) in [6.45, 7) is 1.08. The Hall–Kier alpha value is -2.64. The molecule has 1 N–H and O–H groups in total. The maximum atomic E-state index is 11.6. The highest BCUT2D eigenvalue weighted by Crippen LogP contribution is 2.12. The van der Waals surface area contributed by atoms with E-state index in [1.165, 1.54) is 31.2 Å². The molecular formula is C11H12N2O6. The summed E-state index contributed by atoms with van der Waals surface area (Å²) in [6.07, 6.45) is 0. The van der Waals surface area contributed by atoms with E-state index in [-0.39, 0.29) is 13.2 Å². The summed E-state index contributed by atoms with van der Waals surface area (Å²) in [5.41, 5.74) is 0.344. The number of amides is 1. The van der Waals surface area contributed by atoms with Gasteiger partial charge in [0.25, 0.3) is 11.0 Å². The normalized spacial score (nSPS) is 9.53. The first-order chi connectivity index (χ1) is 8.99. The maximum absolute atomic E-state index is 11.6. The van der Waals surface area contributed by atoms with Gasteiger partial charge in [0.1, 0.15) is 12.4 Å². The number of nitrogens with zero attached hydrogens (tertiary/aromatic N) is 1. The summed E-state index contributed by atoms with van der Waals surface area (Å²) in [6, 6.07) is 5.90. The monoisotopic (exact) mass is 268 g/mol. The van der Waals surface area contributed by atoms with E-state index in [1.54, 1.807) is 0 Å². The zero-order chi connectivity index (χ0) is 14.3. The van der Waals surface area contributed by atoms with Gasteiger partial charge in [-0.1, -0.05) is 0 Å². The quantitative estimate of drug-likeness (QED) is 0.265. The van der Waals surface area contributed by atoms with E-state index >= 15 is 0 Å². The molecule has 0 aliphatic heterocycles. The van der Waals surface area contributed by atoms with Crippen LogP contribution in [-0.2, 0) is 9.63 Å². The van der Waals surface area contributed by atoms with Crippen LogP contribution in [0, 0.1) is 10.1 Å². The summed E-state index contributed by atoms with van der Waals surface area (Å²) in [4.78, 5) is 36.2. The highest BCUT2D eigenvalue weighted by molar-refractivity contribution is 5.94. The Bertz CT molecular complexity index is 471. The third kappa shape index (κ3) is 5.48. The van der Waals surface area contributed by atoms with Crippen LogP contribution < -0.4 is 10.1 Å². The molecule has 1 amide bonds. The zero-order valence-corrected chi connectivity index (χ0v) is 10.1. The first-order valence-electron chi connectivity index (χ1n) is 5.33. The summed E-state index contributed by atoms with van der Waals surface area (Å²) >= 11 is 0. The van der Waals surface area contributed by atoms with Crippen molar-refractivity contribution in [2.24, 2.45) is 0 Å². The topological polar surface area (TPSA) is 108 Å². The van der Waals surface area contributed by atoms with Gasteiger partial charge < -0.3 is 14.9 Å². The molecule has 19 heavy (non-hydrogen) atoms. The molecule has 1 aromatic rings. The SMILES string of the molecule is CC(=O)Oc1ccc(C(=O)NCCO[N+](=O)[O-])cc1. The van der Waals surface area contributed by atoms with Gasteiger partial charge in [0.15, 0.2) is 0 Å². The van der Waals surface area contributed by atoms with Crippen molar-refractivity contribution in [1.29, 1.82) is 0 Å². The first kappa shape index (κ1) is 14.4. The average molecular weight is 268 g/mol. The molecule has 0 heterocycles. The van der Waals surface area contributed by atoms with Gasteiger partial charge in [-0.3, -0.25) is 9.59 Å². The number of hydrogen-bond acceptors (Lipinski definition) is 6. The molecule has 0 aliphatic carbocycles. The highest BCUT2D eigenvalue weighted by Gasteiger charge is 2.06. The molecule has 0 saturated carbocycles. The molecule has 0 radical (unpaired) electrons. The molecule has 1 aromatic carbocycles. The largest absolute Gasteiger partial charge is 0.427 e. The Morgan fingerprint density at radius 1 is 1.32 bits per heavy atom. The molecule has 8 nitrogen and oxygen atoms in total. The third-order valence-corrected chi connectivity index (χ3v) is 1.96. The fourth-order valence-electron chi connectivity index (χ4n) is 1.23. The van der Waals surface area contributed by atoms with Crippen LogP contribution in [0.3, 0.4) is 0 Å². The van der Waals surface area contributed by atoms with Crippen LogP contribution in [0.2, 0.25) is 0 Å². The molecule has 0 aliphatic rings. The molecule has 0 fully saturated rings. The lowest BCUT2D eigenvalue weighted by Crippen LogP contribution is -2.27. The maximum Gasteiger partial charge on any atom is 0.308 e. The number of carbonyl (C=O) groups excluding carboxylic acids is 2. The first-order valence-corrected chi connectivity index (χ1v) is 5.33. The highest BCUT2D eigenvalue weighted by atomic mass is 16.9. The van der Waals surface area contributed by atoms with Crippen molar-refractivity contribution in [2.45, 2.75) is 6.92 Å². The Balaban J connectivity index is 2.44. The minimum atomic E-state index is -0.931. The predicted molar refractivity (Wildman–Crippen MR) is 63.0 cm³/mol. The second kappa shape index (κ2) is 6.94. The van der Waals surface area contributed by atoms with E-state index in [2.05, 4.69) is 10.2 Å². The Morgan fingerprint density at radius 2 is 1.95 bits per heavy atom. The lowest BCUT2D eigenvalue weighted by Gasteiger charge is -2.05. The zero-order valence-electron chi connectivity index (χ0n) is 10.1. The third-order valence-electron chi connectivity index (χ3n) is 1.96. The average Bonchev–Trinajstić information content (AvgIpc) is 2.34. The van der Waals surface area contributed by atoms with Crippen molar-refractivity contribution >= 4 is 11.9 Å². The lowest BCUT2D eigenvalue weighted by molar-refractivity contribution is -0.757. The van der Waals surface area contributed by atoms with Gasteiger partial charge in [-0.15, -0.1) is 10.1 Å². The number of benzene rings is 1. The van der Waals surface area contributed by atoms with E-state index < -0.39 is 17.0 Å². The van der Waals surface area contributed by atoms with Crippen LogP contribution in [0.25, 0.3) is 0 Å². The molecule has 0 unspecified atom stereocenters. The second-order valence-corrected chi connectivity index (χ2v) is 3.43. The fourth-order valence-corrected chi connectivity index (χ4v) is 1.23. The minimum absolute atomic E-state index is 0.0194. The molecule has 1 rings (SSSR count). The Kier molecular flexibility index (Phi) is 5.27. The Morgan fingerprint density at radius 3 is 2.47 bits per heavy atom. The molecule has 102 valence electrons. The van der Waals surface area contributed by atoms with Crippen molar-refractivity contribution < 1.29 is 24.3 Å². The standard InChI is InChI=1S/C11H12N2O6/c1-8(14)19-10-4-2-9(3-5-10)11(15)12-6-7-18-13(16)17/h2-5H,6-7H2,1H3,(H,12,15). The Labute approximate surface area is 108 Å². The lowest BCUT2D eigenvalue weighted by atomic mass is 10.2. The van der Waals surface area contributed by atoms with E-state index in [0.717, 1.165) is 0 Å². The predicted octanol–water partition coefficient (Wildman–Crippen LogP) is 0.550. The van der Waals surface area contributed by atoms with Gasteiger partial charge in [0, 0.05) is 19.0 Å². The van der Waals surface area contributed by atoms with Crippen LogP contribution in [0.1, 0.15) is 17.3 Å². The molecule has 0 atom stereocenters. The number of carbonyl (C=O) groups is 2. The van der Waals surface area contributed by atoms with Gasteiger partial charge in [-0.2, -0.15) is 0 Å². The number of nitrogens with one attached hydrogen (secondary N) is 1. The minimum Gasteiger partial charge on any atom is -0.427 e. The number of rotatable bonds is 6. The van der Waals surface area contributed by atoms with Crippen molar-refractivity contribution in [3.05, 3.63) is 39.9 Å². The van der Waals surface area contributed by atoms with Crippen molar-refractivity contribution in [3.63, 3.8) is 0 Å². The van der Waals surface area contributed by atoms with Crippen LogP contribution in [-0.4, -0.2) is 30.1 Å². The van der Waals surface area contributed by atoms with Crippen molar-refractivity contribution in [3.8, 4) is 5.75 Å². The van der Waals surface area contributed by atoms with Gasteiger partial charge in [-0.25, -0.2) is 0 Å². The number of ether oxygens (including phenoxy) is 1. The molecule has 0 aromatic heterocycles. The van der Waals surface area contributed by atoms with Crippen LogP contribution >= 0.6 is 0 Å². The fraction of sp³-hybridized carbons (Fsp3) is 0.273. The van der Waals surface area contributed by atoms with Gasteiger partial charge in [0.2, 0.25) is 0 Å². The summed E-state index contributed by atoms with van der Waals surface area (Å²) < 4.78 is 4.81. The number of esters is 1. The van der Waals surface area contributed by atoms with E-state index in [1.807, 2.05) is 0 Å². The van der Waals surface area contributed by atoms with Gasteiger partial charge >= 0.3 is 5.97 Å². The molecule has 0 saturated heterocycles. The van der Waals surface area contributed by atoms with E-state index in [9.17, 15) is 19.7 Å². The van der Waals surface area contributed by atoms with E-state index in [4.69, 9.17) is 4.74 Å². The van der Waals surface area contributed by atoms with Gasteiger partial charge in [0.05, 0.1) is 0 Å². The van der Waals surface area contributed by atoms with Crippen molar-refractivity contribution in [2.75, 3.05) is 13.2 Å². The number of hydrogen-bond donors (Lipinski definition) is 1. The summed E-state index contributed by atoms with van der Waals surface area (Å²) in [5.74, 6) is -0.517. The summed E-state index contributed by atoms with van der Waals surface area (Å²) in [5, 5.41) is 11.4. The smallest absolute Gasteiger partial charge is 0.308 e. The van der Waals surface area contributed by atoms with Crippen LogP contribution in [0.15, 0.2) is 24.3 Å². The summed E-state index contributed by atoms with van der Waals surface area (Å²) in [7, 11) is 0. The molecule has 8 heteroatoms. The molecule has 0 spiro atoms. The van der Waals surface area contributed by atoms with Crippen molar-refractivity contribution in [1.82, 2.24) is 5.32 Å². The van der Waals surface area contributed by atoms with Crippen LogP contribution in [0.5, 0.6) is 5.75 Å². The van der Waals surface area contributed by atoms with Gasteiger partial charge in [-0.05, 0) is 24.3 Å². The second-order valence-electron chi connectivity index (χ2n) is 3.43. The molecule has 0 bridgehead atoms.